The number of rotatable bonds is 0. The van der Waals surface area contributed by atoms with Crippen molar-refractivity contribution in [3.63, 3.8) is 0 Å². The Balaban J connectivity index is 2.88. The van der Waals surface area contributed by atoms with Gasteiger partial charge in [0.25, 0.3) is 0 Å². The highest BCUT2D eigenvalue weighted by atomic mass is 79.9. The van der Waals surface area contributed by atoms with E-state index in [-0.39, 0.29) is 5.13 Å². The largest absolute Gasteiger partial charge is 0.195 e. The molecule has 3 heteroatoms. The summed E-state index contributed by atoms with van der Waals surface area (Å²) >= 11 is 4.56. The fourth-order valence-corrected chi connectivity index (χ4v) is 2.44. The van der Waals surface area contributed by atoms with Crippen molar-refractivity contribution in [1.29, 1.82) is 0 Å². The minimum absolute atomic E-state index is 0.0805. The summed E-state index contributed by atoms with van der Waals surface area (Å²) < 4.78 is 15.1. The van der Waals surface area contributed by atoms with E-state index in [0.717, 1.165) is 20.1 Å². The number of benzene rings is 1. The van der Waals surface area contributed by atoms with Crippen molar-refractivity contribution in [3.05, 3.63) is 33.4 Å². The van der Waals surface area contributed by atoms with Gasteiger partial charge in [-0.05, 0) is 30.5 Å². The minimum Gasteiger partial charge on any atom is -0.195 e. The van der Waals surface area contributed by atoms with Crippen LogP contribution in [0.1, 0.15) is 5.56 Å². The Labute approximate surface area is 82.2 Å². The van der Waals surface area contributed by atoms with Crippen LogP contribution in [0, 0.1) is 12.1 Å². The first kappa shape index (κ1) is 8.20. The van der Waals surface area contributed by atoms with Gasteiger partial charge >= 0.3 is 0 Å². The van der Waals surface area contributed by atoms with E-state index in [1.807, 2.05) is 18.2 Å². The Hall–Kier alpha value is -0.410. The summed E-state index contributed by atoms with van der Waals surface area (Å²) in [5.74, 6) is 0. The SMILES string of the molecule is Cc1c(F)sc2ccc(Br)cc12. The number of halogens is 2. The molecule has 0 aliphatic carbocycles. The van der Waals surface area contributed by atoms with Gasteiger partial charge in [-0.15, -0.1) is 11.3 Å². The van der Waals surface area contributed by atoms with E-state index >= 15 is 0 Å². The Morgan fingerprint density at radius 2 is 2.17 bits per heavy atom. The fraction of sp³-hybridized carbons (Fsp3) is 0.111. The summed E-state index contributed by atoms with van der Waals surface area (Å²) in [5, 5.41) is 0.926. The second-order valence-corrected chi connectivity index (χ2v) is 4.56. The lowest BCUT2D eigenvalue weighted by Gasteiger charge is -1.91. The normalized spacial score (nSPS) is 10.9. The predicted octanol–water partition coefficient (Wildman–Crippen LogP) is 4.11. The monoisotopic (exact) mass is 244 g/mol. The molecule has 0 radical (unpaired) electrons. The van der Waals surface area contributed by atoms with E-state index in [9.17, 15) is 4.39 Å². The summed E-state index contributed by atoms with van der Waals surface area (Å²) in [7, 11) is 0. The van der Waals surface area contributed by atoms with Crippen molar-refractivity contribution >= 4 is 37.4 Å². The van der Waals surface area contributed by atoms with Gasteiger partial charge in [-0.2, -0.15) is 4.39 Å². The summed E-state index contributed by atoms with van der Waals surface area (Å²) in [5.41, 5.74) is 0.747. The molecule has 2 rings (SSSR count). The van der Waals surface area contributed by atoms with E-state index in [1.165, 1.54) is 11.3 Å². The van der Waals surface area contributed by atoms with Gasteiger partial charge in [0.2, 0.25) is 0 Å². The lowest BCUT2D eigenvalue weighted by atomic mass is 10.2. The van der Waals surface area contributed by atoms with Crippen LogP contribution in [0.4, 0.5) is 4.39 Å². The molecule has 2 aromatic rings. The summed E-state index contributed by atoms with van der Waals surface area (Å²) in [4.78, 5) is 0. The van der Waals surface area contributed by atoms with Crippen LogP contribution in [-0.2, 0) is 0 Å². The Morgan fingerprint density at radius 1 is 1.42 bits per heavy atom. The maximum absolute atomic E-state index is 13.1. The third-order valence-corrected chi connectivity index (χ3v) is 3.39. The lowest BCUT2D eigenvalue weighted by molar-refractivity contribution is 0.650. The maximum Gasteiger partial charge on any atom is 0.180 e. The first-order chi connectivity index (χ1) is 5.68. The topological polar surface area (TPSA) is 0 Å². The van der Waals surface area contributed by atoms with E-state index in [1.54, 1.807) is 6.92 Å². The third kappa shape index (κ3) is 1.17. The van der Waals surface area contributed by atoms with Gasteiger partial charge in [-0.3, -0.25) is 0 Å². The molecule has 0 N–H and O–H groups in total. The first-order valence-electron chi connectivity index (χ1n) is 3.52. The zero-order valence-electron chi connectivity index (χ0n) is 6.40. The molecule has 0 fully saturated rings. The molecule has 0 spiro atoms. The lowest BCUT2D eigenvalue weighted by Crippen LogP contribution is -1.70. The molecule has 1 aromatic carbocycles. The highest BCUT2D eigenvalue weighted by molar-refractivity contribution is 9.10. The van der Waals surface area contributed by atoms with Crippen molar-refractivity contribution in [2.24, 2.45) is 0 Å². The average Bonchev–Trinajstić information content (AvgIpc) is 2.31. The second kappa shape index (κ2) is 2.82. The summed E-state index contributed by atoms with van der Waals surface area (Å²) in [6.07, 6.45) is 0. The molecule has 0 aliphatic heterocycles. The van der Waals surface area contributed by atoms with E-state index in [4.69, 9.17) is 0 Å². The van der Waals surface area contributed by atoms with Gasteiger partial charge in [-0.25, -0.2) is 0 Å². The van der Waals surface area contributed by atoms with Crippen molar-refractivity contribution in [3.8, 4) is 0 Å². The molecule has 1 heterocycles. The molecule has 0 amide bonds. The van der Waals surface area contributed by atoms with Crippen LogP contribution in [0.15, 0.2) is 22.7 Å². The molecular formula is C9H6BrFS. The van der Waals surface area contributed by atoms with Crippen LogP contribution in [-0.4, -0.2) is 0 Å². The number of fused-ring (bicyclic) bond motifs is 1. The van der Waals surface area contributed by atoms with E-state index < -0.39 is 0 Å². The van der Waals surface area contributed by atoms with E-state index in [2.05, 4.69) is 15.9 Å². The van der Waals surface area contributed by atoms with Gasteiger partial charge in [-0.1, -0.05) is 15.9 Å². The van der Waals surface area contributed by atoms with Gasteiger partial charge in [0.15, 0.2) is 5.13 Å². The Bertz CT molecular complexity index is 433. The quantitative estimate of drug-likeness (QED) is 0.655. The second-order valence-electron chi connectivity index (χ2n) is 2.64. The van der Waals surface area contributed by atoms with Gasteiger partial charge < -0.3 is 0 Å². The number of hydrogen-bond donors (Lipinski definition) is 0. The molecule has 0 unspecified atom stereocenters. The number of hydrogen-bond acceptors (Lipinski definition) is 1. The smallest absolute Gasteiger partial charge is 0.180 e. The Kier molecular flexibility index (Phi) is 1.93. The molecule has 62 valence electrons. The van der Waals surface area contributed by atoms with Crippen molar-refractivity contribution in [2.75, 3.05) is 0 Å². The van der Waals surface area contributed by atoms with Crippen LogP contribution in [0.2, 0.25) is 0 Å². The standard InChI is InChI=1S/C9H6BrFS/c1-5-7-4-6(10)2-3-8(7)12-9(5)11/h2-4H,1H3. The van der Waals surface area contributed by atoms with Gasteiger partial charge in [0.1, 0.15) is 0 Å². The Morgan fingerprint density at radius 3 is 2.92 bits per heavy atom. The van der Waals surface area contributed by atoms with Crippen LogP contribution >= 0.6 is 27.3 Å². The molecule has 0 bridgehead atoms. The molecule has 12 heavy (non-hydrogen) atoms. The van der Waals surface area contributed by atoms with Crippen LogP contribution in [0.5, 0.6) is 0 Å². The van der Waals surface area contributed by atoms with Crippen LogP contribution in [0.3, 0.4) is 0 Å². The maximum atomic E-state index is 13.1. The predicted molar refractivity (Wildman–Crippen MR) is 54.2 cm³/mol. The number of aryl methyl sites for hydroxylation is 1. The summed E-state index contributed by atoms with van der Waals surface area (Å²) in [6.45, 7) is 1.81. The molecule has 0 saturated carbocycles. The first-order valence-corrected chi connectivity index (χ1v) is 5.13. The molecule has 0 aliphatic rings. The van der Waals surface area contributed by atoms with Crippen molar-refractivity contribution < 1.29 is 4.39 Å². The zero-order valence-corrected chi connectivity index (χ0v) is 8.80. The summed E-state index contributed by atoms with van der Waals surface area (Å²) in [6, 6.07) is 5.81. The van der Waals surface area contributed by atoms with Crippen molar-refractivity contribution in [2.45, 2.75) is 6.92 Å². The van der Waals surface area contributed by atoms with Crippen LogP contribution < -0.4 is 0 Å². The van der Waals surface area contributed by atoms with Crippen molar-refractivity contribution in [1.82, 2.24) is 0 Å². The zero-order chi connectivity index (χ0) is 8.72. The van der Waals surface area contributed by atoms with Crippen LogP contribution in [0.25, 0.3) is 10.1 Å². The van der Waals surface area contributed by atoms with Gasteiger partial charge in [0, 0.05) is 14.7 Å². The molecule has 0 saturated heterocycles. The third-order valence-electron chi connectivity index (χ3n) is 1.84. The van der Waals surface area contributed by atoms with E-state index in [0.29, 0.717) is 0 Å². The fourth-order valence-electron chi connectivity index (χ4n) is 1.16. The molecule has 0 nitrogen and oxygen atoms in total. The molecule has 1 aromatic heterocycles. The highest BCUT2D eigenvalue weighted by Gasteiger charge is 2.06. The average molecular weight is 245 g/mol. The highest BCUT2D eigenvalue weighted by Crippen LogP contribution is 2.31. The molecule has 0 atom stereocenters. The minimum atomic E-state index is -0.0805. The molecular weight excluding hydrogens is 239 g/mol. The van der Waals surface area contributed by atoms with Gasteiger partial charge in [0.05, 0.1) is 0 Å². The number of thiophene rings is 1.